The standard InChI is InChI=1S/C26H31N5O6/c1-15(23(33)31-22(26(36)37)12-17-13-28-20-10-6-5-9-18(17)20)29-25(35)21(30-24(34)19(27)14-32)11-16-7-3-2-4-8-16/h2-10,13,15,19,21-22,28,32H,11-12,14,27H2,1H3,(H,29,35)(H,30,34)(H,31,33)(H,36,37). The van der Waals surface area contributed by atoms with Gasteiger partial charge in [0.25, 0.3) is 0 Å². The number of hydrogen-bond donors (Lipinski definition) is 7. The number of rotatable bonds is 12. The average molecular weight is 510 g/mol. The van der Waals surface area contributed by atoms with Crippen LogP contribution in [-0.4, -0.2) is 69.7 Å². The minimum Gasteiger partial charge on any atom is -0.480 e. The highest BCUT2D eigenvalue weighted by Crippen LogP contribution is 2.19. The molecule has 0 radical (unpaired) electrons. The van der Waals surface area contributed by atoms with Gasteiger partial charge in [-0.05, 0) is 24.1 Å². The minimum absolute atomic E-state index is 0.0392. The second-order valence-electron chi connectivity index (χ2n) is 8.73. The molecule has 0 aliphatic carbocycles. The molecule has 3 aromatic rings. The number of aliphatic hydroxyl groups is 1. The maximum Gasteiger partial charge on any atom is 0.326 e. The molecule has 11 heteroatoms. The lowest BCUT2D eigenvalue weighted by molar-refractivity contribution is -0.142. The Labute approximate surface area is 213 Å². The van der Waals surface area contributed by atoms with E-state index in [1.165, 1.54) is 6.92 Å². The van der Waals surface area contributed by atoms with Gasteiger partial charge in [-0.3, -0.25) is 14.4 Å². The first-order chi connectivity index (χ1) is 17.7. The van der Waals surface area contributed by atoms with Gasteiger partial charge >= 0.3 is 5.97 Å². The molecule has 0 aliphatic rings. The number of carboxylic acid groups (broad SMARTS) is 1. The Morgan fingerprint density at radius 2 is 1.51 bits per heavy atom. The summed E-state index contributed by atoms with van der Waals surface area (Å²) in [6.07, 6.45) is 1.85. The summed E-state index contributed by atoms with van der Waals surface area (Å²) in [6, 6.07) is 11.7. The van der Waals surface area contributed by atoms with Gasteiger partial charge in [0, 0.05) is 29.9 Å². The van der Waals surface area contributed by atoms with E-state index in [9.17, 15) is 24.3 Å². The van der Waals surface area contributed by atoms with E-state index in [2.05, 4.69) is 20.9 Å². The molecule has 0 bridgehead atoms. The molecule has 0 spiro atoms. The number of carboxylic acids is 1. The van der Waals surface area contributed by atoms with Crippen LogP contribution in [0.4, 0.5) is 0 Å². The zero-order chi connectivity index (χ0) is 26.9. The number of aromatic amines is 1. The summed E-state index contributed by atoms with van der Waals surface area (Å²) in [4.78, 5) is 53.0. The number of hydrogen-bond acceptors (Lipinski definition) is 6. The summed E-state index contributed by atoms with van der Waals surface area (Å²) in [7, 11) is 0. The van der Waals surface area contributed by atoms with Crippen molar-refractivity contribution < 1.29 is 29.4 Å². The Hall–Kier alpha value is -4.22. The number of carbonyl (C=O) groups is 4. The number of H-pyrrole nitrogens is 1. The predicted molar refractivity (Wildman–Crippen MR) is 136 cm³/mol. The quantitative estimate of drug-likeness (QED) is 0.177. The molecule has 0 saturated carbocycles. The molecule has 37 heavy (non-hydrogen) atoms. The lowest BCUT2D eigenvalue weighted by Gasteiger charge is -2.23. The van der Waals surface area contributed by atoms with Crippen LogP contribution < -0.4 is 21.7 Å². The molecule has 8 N–H and O–H groups in total. The van der Waals surface area contributed by atoms with Crippen LogP contribution >= 0.6 is 0 Å². The van der Waals surface area contributed by atoms with Crippen molar-refractivity contribution in [3.63, 3.8) is 0 Å². The van der Waals surface area contributed by atoms with Crippen LogP contribution in [0.25, 0.3) is 10.9 Å². The largest absolute Gasteiger partial charge is 0.480 e. The first kappa shape index (κ1) is 27.4. The second kappa shape index (κ2) is 12.7. The van der Waals surface area contributed by atoms with Gasteiger partial charge in [0.2, 0.25) is 17.7 Å². The topological polar surface area (TPSA) is 187 Å². The summed E-state index contributed by atoms with van der Waals surface area (Å²) >= 11 is 0. The van der Waals surface area contributed by atoms with Crippen LogP contribution in [0.2, 0.25) is 0 Å². The molecule has 1 heterocycles. The monoisotopic (exact) mass is 509 g/mol. The zero-order valence-electron chi connectivity index (χ0n) is 20.3. The Kier molecular flexibility index (Phi) is 9.36. The minimum atomic E-state index is -1.23. The van der Waals surface area contributed by atoms with Crippen molar-refractivity contribution in [2.24, 2.45) is 5.73 Å². The molecular weight excluding hydrogens is 478 g/mol. The molecule has 11 nitrogen and oxygen atoms in total. The second-order valence-corrected chi connectivity index (χ2v) is 8.73. The first-order valence-corrected chi connectivity index (χ1v) is 11.8. The van der Waals surface area contributed by atoms with E-state index in [1.807, 2.05) is 24.3 Å². The molecule has 1 aromatic heterocycles. The van der Waals surface area contributed by atoms with Crippen LogP contribution in [0.5, 0.6) is 0 Å². The van der Waals surface area contributed by atoms with Crippen molar-refractivity contribution in [3.05, 3.63) is 71.9 Å². The van der Waals surface area contributed by atoms with Crippen LogP contribution in [0, 0.1) is 0 Å². The highest BCUT2D eigenvalue weighted by atomic mass is 16.4. The summed E-state index contributed by atoms with van der Waals surface area (Å²) in [5, 5.41) is 27.2. The molecule has 3 amide bonds. The van der Waals surface area contributed by atoms with Crippen molar-refractivity contribution in [2.75, 3.05) is 6.61 Å². The van der Waals surface area contributed by atoms with E-state index in [1.54, 1.807) is 36.5 Å². The van der Waals surface area contributed by atoms with Gasteiger partial charge in [-0.2, -0.15) is 0 Å². The van der Waals surface area contributed by atoms with Crippen molar-refractivity contribution >= 4 is 34.6 Å². The fraction of sp³-hybridized carbons (Fsp3) is 0.308. The van der Waals surface area contributed by atoms with E-state index >= 15 is 0 Å². The molecular formula is C26H31N5O6. The number of amides is 3. The van der Waals surface area contributed by atoms with Crippen molar-refractivity contribution in [1.29, 1.82) is 0 Å². The number of nitrogens with two attached hydrogens (primary N) is 1. The molecule has 4 unspecified atom stereocenters. The maximum atomic E-state index is 13.0. The average Bonchev–Trinajstić information content (AvgIpc) is 3.30. The maximum absolute atomic E-state index is 13.0. The van der Waals surface area contributed by atoms with E-state index in [4.69, 9.17) is 10.8 Å². The highest BCUT2D eigenvalue weighted by Gasteiger charge is 2.29. The molecule has 2 aromatic carbocycles. The van der Waals surface area contributed by atoms with Gasteiger partial charge in [0.05, 0.1) is 6.61 Å². The number of para-hydroxylation sites is 1. The summed E-state index contributed by atoms with van der Waals surface area (Å²) in [5.74, 6) is -3.30. The van der Waals surface area contributed by atoms with Crippen LogP contribution in [0.1, 0.15) is 18.1 Å². The molecule has 4 atom stereocenters. The lowest BCUT2D eigenvalue weighted by atomic mass is 10.0. The Morgan fingerprint density at radius 1 is 0.865 bits per heavy atom. The van der Waals surface area contributed by atoms with Crippen LogP contribution in [0.3, 0.4) is 0 Å². The van der Waals surface area contributed by atoms with Gasteiger partial charge < -0.3 is 36.9 Å². The first-order valence-electron chi connectivity index (χ1n) is 11.8. The van der Waals surface area contributed by atoms with Crippen LogP contribution in [0.15, 0.2) is 60.8 Å². The Bertz CT molecular complexity index is 1240. The molecule has 0 aliphatic heterocycles. The van der Waals surface area contributed by atoms with E-state index < -0.39 is 54.5 Å². The fourth-order valence-electron chi connectivity index (χ4n) is 3.82. The van der Waals surface area contributed by atoms with E-state index in [0.717, 1.165) is 22.0 Å². The van der Waals surface area contributed by atoms with Crippen molar-refractivity contribution in [2.45, 2.75) is 43.9 Å². The van der Waals surface area contributed by atoms with Gasteiger partial charge in [-0.1, -0.05) is 48.5 Å². The van der Waals surface area contributed by atoms with Gasteiger partial charge in [-0.15, -0.1) is 0 Å². The third-order valence-electron chi connectivity index (χ3n) is 5.91. The summed E-state index contributed by atoms with van der Waals surface area (Å²) in [5.41, 5.74) is 7.89. The molecule has 3 rings (SSSR count). The smallest absolute Gasteiger partial charge is 0.326 e. The predicted octanol–water partition coefficient (Wildman–Crippen LogP) is -0.168. The third kappa shape index (κ3) is 7.38. The number of fused-ring (bicyclic) bond motifs is 1. The summed E-state index contributed by atoms with van der Waals surface area (Å²) in [6.45, 7) is 0.815. The van der Waals surface area contributed by atoms with Crippen LogP contribution in [-0.2, 0) is 32.0 Å². The van der Waals surface area contributed by atoms with Gasteiger partial charge in [0.15, 0.2) is 0 Å². The summed E-state index contributed by atoms with van der Waals surface area (Å²) < 4.78 is 0. The Morgan fingerprint density at radius 3 is 2.19 bits per heavy atom. The Balaban J connectivity index is 1.67. The molecule has 196 valence electrons. The van der Waals surface area contributed by atoms with Gasteiger partial charge in [0.1, 0.15) is 24.2 Å². The lowest BCUT2D eigenvalue weighted by Crippen LogP contribution is -2.57. The fourth-order valence-corrected chi connectivity index (χ4v) is 3.82. The molecule has 0 saturated heterocycles. The SMILES string of the molecule is CC(NC(=O)C(Cc1ccccc1)NC(=O)C(N)CO)C(=O)NC(Cc1c[nH]c2ccccc12)C(=O)O. The highest BCUT2D eigenvalue weighted by molar-refractivity contribution is 5.94. The van der Waals surface area contributed by atoms with Crippen molar-refractivity contribution in [3.8, 4) is 0 Å². The van der Waals surface area contributed by atoms with Crippen molar-refractivity contribution in [1.82, 2.24) is 20.9 Å². The number of nitrogens with one attached hydrogen (secondary N) is 4. The van der Waals surface area contributed by atoms with Gasteiger partial charge in [-0.25, -0.2) is 4.79 Å². The van der Waals surface area contributed by atoms with E-state index in [-0.39, 0.29) is 12.8 Å². The molecule has 0 fully saturated rings. The normalized spacial score (nSPS) is 14.2. The van der Waals surface area contributed by atoms with E-state index in [0.29, 0.717) is 0 Å². The number of aromatic nitrogens is 1. The third-order valence-corrected chi connectivity index (χ3v) is 5.91. The number of aliphatic hydroxyl groups excluding tert-OH is 1. The zero-order valence-corrected chi connectivity index (χ0v) is 20.3. The number of carbonyl (C=O) groups excluding carboxylic acids is 3. The number of aliphatic carboxylic acids is 1. The number of benzene rings is 2.